The molecule has 1 atom stereocenters. The van der Waals surface area contributed by atoms with Crippen LogP contribution in [0.15, 0.2) is 53.4 Å². The number of hydrogen-bond acceptors (Lipinski definition) is 6. The Morgan fingerprint density at radius 1 is 1.06 bits per heavy atom. The smallest absolute Gasteiger partial charge is 0.328 e. The van der Waals surface area contributed by atoms with Crippen molar-refractivity contribution in [3.63, 3.8) is 0 Å². The van der Waals surface area contributed by atoms with Gasteiger partial charge in [-0.3, -0.25) is 9.59 Å². The van der Waals surface area contributed by atoms with Crippen molar-refractivity contribution in [1.82, 2.24) is 9.62 Å². The van der Waals surface area contributed by atoms with E-state index in [0.717, 1.165) is 12.8 Å². The minimum atomic E-state index is -3.57. The fourth-order valence-corrected chi connectivity index (χ4v) is 4.95. The summed E-state index contributed by atoms with van der Waals surface area (Å²) in [7, 11) is -3.57. The van der Waals surface area contributed by atoms with E-state index in [4.69, 9.17) is 16.3 Å². The van der Waals surface area contributed by atoms with Crippen LogP contribution < -0.4 is 5.32 Å². The second-order valence-electron chi connectivity index (χ2n) is 7.34. The number of esters is 1. The highest BCUT2D eigenvalue weighted by atomic mass is 35.5. The standard InChI is InChI=1S/C22H23ClN2O6S/c1-15(24-21(27)18-6-2-3-7-19(18)23)22(28)31-14-20(26)16-8-10-17(11-9-16)32(29,30)25-12-4-5-13-25/h2-3,6-11,15H,4-5,12-14H2,1H3,(H,24,27)/t15-/m0/s1. The van der Waals surface area contributed by atoms with E-state index in [-0.39, 0.29) is 21.0 Å². The maximum absolute atomic E-state index is 12.5. The normalized spacial score (nSPS) is 15.2. The molecular weight excluding hydrogens is 456 g/mol. The number of sulfonamides is 1. The molecule has 170 valence electrons. The molecule has 0 bridgehead atoms. The topological polar surface area (TPSA) is 110 Å². The number of halogens is 1. The van der Waals surface area contributed by atoms with Gasteiger partial charge >= 0.3 is 5.97 Å². The van der Waals surface area contributed by atoms with Crippen LogP contribution in [0.4, 0.5) is 0 Å². The van der Waals surface area contributed by atoms with Crippen LogP contribution in [0.1, 0.15) is 40.5 Å². The van der Waals surface area contributed by atoms with Gasteiger partial charge in [0, 0.05) is 18.7 Å². The number of ketones is 1. The van der Waals surface area contributed by atoms with Gasteiger partial charge in [-0.2, -0.15) is 4.31 Å². The van der Waals surface area contributed by atoms with Crippen LogP contribution in [0.5, 0.6) is 0 Å². The molecule has 0 saturated carbocycles. The van der Waals surface area contributed by atoms with Gasteiger partial charge < -0.3 is 10.1 Å². The molecule has 2 aromatic carbocycles. The molecule has 2 aromatic rings. The number of carbonyl (C=O) groups excluding carboxylic acids is 3. The number of Topliss-reactive ketones (excluding diaryl/α,β-unsaturated/α-hetero) is 1. The lowest BCUT2D eigenvalue weighted by molar-refractivity contribution is -0.144. The Kier molecular flexibility index (Phi) is 7.65. The molecule has 0 aromatic heterocycles. The number of benzene rings is 2. The number of ether oxygens (including phenoxy) is 1. The summed E-state index contributed by atoms with van der Waals surface area (Å²) in [6, 6.07) is 10.9. The van der Waals surface area contributed by atoms with E-state index in [1.165, 1.54) is 41.6 Å². The summed E-state index contributed by atoms with van der Waals surface area (Å²) in [4.78, 5) is 36.8. The van der Waals surface area contributed by atoms with Crippen molar-refractivity contribution >= 4 is 39.3 Å². The molecule has 0 radical (unpaired) electrons. The lowest BCUT2D eigenvalue weighted by Gasteiger charge is -2.15. The predicted octanol–water partition coefficient (Wildman–Crippen LogP) is 2.67. The van der Waals surface area contributed by atoms with Crippen molar-refractivity contribution < 1.29 is 27.5 Å². The average Bonchev–Trinajstić information content (AvgIpc) is 3.33. The first kappa shape index (κ1) is 23.9. The zero-order chi connectivity index (χ0) is 23.3. The van der Waals surface area contributed by atoms with E-state index >= 15 is 0 Å². The molecule has 8 nitrogen and oxygen atoms in total. The summed E-state index contributed by atoms with van der Waals surface area (Å²) in [5.74, 6) is -1.82. The lowest BCUT2D eigenvalue weighted by atomic mass is 10.1. The van der Waals surface area contributed by atoms with Crippen molar-refractivity contribution in [3.05, 3.63) is 64.7 Å². The third-order valence-electron chi connectivity index (χ3n) is 5.04. The predicted molar refractivity (Wildman–Crippen MR) is 118 cm³/mol. The van der Waals surface area contributed by atoms with E-state index in [1.54, 1.807) is 18.2 Å². The zero-order valence-corrected chi connectivity index (χ0v) is 19.0. The maximum atomic E-state index is 12.5. The largest absolute Gasteiger partial charge is 0.456 e. The monoisotopic (exact) mass is 478 g/mol. The summed E-state index contributed by atoms with van der Waals surface area (Å²) in [5, 5.41) is 2.72. The number of nitrogens with one attached hydrogen (secondary N) is 1. The molecule has 1 fully saturated rings. The SMILES string of the molecule is C[C@H](NC(=O)c1ccccc1Cl)C(=O)OCC(=O)c1ccc(S(=O)(=O)N2CCCC2)cc1. The number of nitrogens with zero attached hydrogens (tertiary/aromatic N) is 1. The van der Waals surface area contributed by atoms with Crippen molar-refractivity contribution in [3.8, 4) is 0 Å². The van der Waals surface area contributed by atoms with Crippen molar-refractivity contribution in [1.29, 1.82) is 0 Å². The second-order valence-corrected chi connectivity index (χ2v) is 9.69. The van der Waals surface area contributed by atoms with Crippen LogP contribution >= 0.6 is 11.6 Å². The van der Waals surface area contributed by atoms with E-state index in [2.05, 4.69) is 5.32 Å². The molecule has 0 spiro atoms. The van der Waals surface area contributed by atoms with Crippen molar-refractivity contribution in [2.75, 3.05) is 19.7 Å². The summed E-state index contributed by atoms with van der Waals surface area (Å²) in [6.45, 7) is 1.87. The molecule has 1 N–H and O–H groups in total. The number of hydrogen-bond donors (Lipinski definition) is 1. The summed E-state index contributed by atoms with van der Waals surface area (Å²) >= 11 is 5.97. The van der Waals surface area contributed by atoms with Gasteiger partial charge in [0.25, 0.3) is 5.91 Å². The Bertz CT molecular complexity index is 1110. The summed E-state index contributed by atoms with van der Waals surface area (Å²) in [6.07, 6.45) is 1.66. The molecule has 32 heavy (non-hydrogen) atoms. The molecule has 10 heteroatoms. The van der Waals surface area contributed by atoms with Gasteiger partial charge in [-0.1, -0.05) is 23.7 Å². The van der Waals surface area contributed by atoms with Gasteiger partial charge in [-0.15, -0.1) is 0 Å². The minimum absolute atomic E-state index is 0.115. The van der Waals surface area contributed by atoms with Crippen LogP contribution in [0.2, 0.25) is 5.02 Å². The van der Waals surface area contributed by atoms with E-state index < -0.39 is 40.3 Å². The third kappa shape index (κ3) is 5.53. The van der Waals surface area contributed by atoms with Crippen LogP contribution in [0.3, 0.4) is 0 Å². The first-order chi connectivity index (χ1) is 15.2. The Balaban J connectivity index is 1.54. The fourth-order valence-electron chi connectivity index (χ4n) is 3.21. The molecule has 1 aliphatic heterocycles. The highest BCUT2D eigenvalue weighted by Gasteiger charge is 2.27. The molecule has 1 saturated heterocycles. The molecule has 1 amide bonds. The van der Waals surface area contributed by atoms with Gasteiger partial charge in [-0.25, -0.2) is 13.2 Å². The molecule has 0 unspecified atom stereocenters. The second kappa shape index (κ2) is 10.2. The summed E-state index contributed by atoms with van der Waals surface area (Å²) in [5.41, 5.74) is 0.430. The van der Waals surface area contributed by atoms with Crippen LogP contribution in [-0.4, -0.2) is 56.1 Å². The van der Waals surface area contributed by atoms with Gasteiger partial charge in [0.1, 0.15) is 6.04 Å². The minimum Gasteiger partial charge on any atom is -0.456 e. The highest BCUT2D eigenvalue weighted by Crippen LogP contribution is 2.21. The maximum Gasteiger partial charge on any atom is 0.328 e. The first-order valence-corrected chi connectivity index (χ1v) is 11.9. The number of carbonyl (C=O) groups is 3. The summed E-state index contributed by atoms with van der Waals surface area (Å²) < 4.78 is 31.5. The van der Waals surface area contributed by atoms with E-state index in [0.29, 0.717) is 13.1 Å². The Morgan fingerprint density at radius 2 is 1.69 bits per heavy atom. The number of amides is 1. The molecular formula is C22H23ClN2O6S. The van der Waals surface area contributed by atoms with Gasteiger partial charge in [0.15, 0.2) is 12.4 Å². The third-order valence-corrected chi connectivity index (χ3v) is 7.29. The molecule has 3 rings (SSSR count). The quantitative estimate of drug-likeness (QED) is 0.461. The van der Waals surface area contributed by atoms with Crippen LogP contribution in [0, 0.1) is 0 Å². The van der Waals surface area contributed by atoms with Crippen molar-refractivity contribution in [2.24, 2.45) is 0 Å². The fraction of sp³-hybridized carbons (Fsp3) is 0.318. The van der Waals surface area contributed by atoms with Crippen LogP contribution in [-0.2, 0) is 19.6 Å². The Morgan fingerprint density at radius 3 is 2.31 bits per heavy atom. The lowest BCUT2D eigenvalue weighted by Crippen LogP contribution is -2.40. The first-order valence-electron chi connectivity index (χ1n) is 10.1. The van der Waals surface area contributed by atoms with Gasteiger partial charge in [-0.05, 0) is 56.2 Å². The molecule has 1 heterocycles. The van der Waals surface area contributed by atoms with Crippen LogP contribution in [0.25, 0.3) is 0 Å². The van der Waals surface area contributed by atoms with Gasteiger partial charge in [0.05, 0.1) is 15.5 Å². The Labute approximate surface area is 191 Å². The molecule has 1 aliphatic rings. The van der Waals surface area contributed by atoms with Gasteiger partial charge in [0.2, 0.25) is 10.0 Å². The highest BCUT2D eigenvalue weighted by molar-refractivity contribution is 7.89. The number of rotatable bonds is 8. The van der Waals surface area contributed by atoms with E-state index in [9.17, 15) is 22.8 Å². The Hall–Kier alpha value is -2.75. The van der Waals surface area contributed by atoms with Crippen molar-refractivity contribution in [2.45, 2.75) is 30.7 Å². The molecule has 0 aliphatic carbocycles. The average molecular weight is 479 g/mol. The van der Waals surface area contributed by atoms with E-state index in [1.807, 2.05) is 0 Å². The zero-order valence-electron chi connectivity index (χ0n) is 17.4.